The summed E-state index contributed by atoms with van der Waals surface area (Å²) in [4.78, 5) is 0. The molecule has 0 saturated heterocycles. The van der Waals surface area contributed by atoms with Gasteiger partial charge in [-0.25, -0.2) is 8.78 Å². The number of benzene rings is 2. The summed E-state index contributed by atoms with van der Waals surface area (Å²) in [6.07, 6.45) is 0. The highest BCUT2D eigenvalue weighted by Gasteiger charge is 2.06. The van der Waals surface area contributed by atoms with E-state index < -0.39 is 11.6 Å². The fourth-order valence-corrected chi connectivity index (χ4v) is 2.08. The van der Waals surface area contributed by atoms with Gasteiger partial charge in [-0.2, -0.15) is 0 Å². The summed E-state index contributed by atoms with van der Waals surface area (Å²) >= 11 is 5.92. The van der Waals surface area contributed by atoms with Crippen molar-refractivity contribution in [2.75, 3.05) is 0 Å². The van der Waals surface area contributed by atoms with Crippen molar-refractivity contribution in [3.05, 3.63) is 70.2 Å². The Hall–Kier alpha value is -1.45. The topological polar surface area (TPSA) is 12.0 Å². The fraction of sp³-hybridized carbons (Fsp3) is 0.200. The van der Waals surface area contributed by atoms with Crippen LogP contribution >= 0.6 is 11.6 Å². The molecule has 1 nitrogen and oxygen atoms in total. The van der Waals surface area contributed by atoms with Crippen molar-refractivity contribution in [2.24, 2.45) is 0 Å². The molecule has 2 aromatic carbocycles. The van der Waals surface area contributed by atoms with Gasteiger partial charge in [-0.3, -0.25) is 0 Å². The van der Waals surface area contributed by atoms with Gasteiger partial charge < -0.3 is 5.32 Å². The molecule has 0 aliphatic carbocycles. The number of hydrogen-bond acceptors (Lipinski definition) is 1. The van der Waals surface area contributed by atoms with Crippen molar-refractivity contribution in [1.82, 2.24) is 5.32 Å². The lowest BCUT2D eigenvalue weighted by Crippen LogP contribution is -2.18. The summed E-state index contributed by atoms with van der Waals surface area (Å²) < 4.78 is 26.1. The molecule has 1 N–H and O–H groups in total. The van der Waals surface area contributed by atoms with Gasteiger partial charge in [0.1, 0.15) is 11.6 Å². The summed E-state index contributed by atoms with van der Waals surface area (Å²) in [6, 6.07) is 11.1. The van der Waals surface area contributed by atoms with E-state index in [9.17, 15) is 8.78 Å². The molecular formula is C15H14ClF2N. The van der Waals surface area contributed by atoms with Crippen molar-refractivity contribution in [3.63, 3.8) is 0 Å². The highest BCUT2D eigenvalue weighted by atomic mass is 35.5. The Morgan fingerprint density at radius 1 is 1.11 bits per heavy atom. The van der Waals surface area contributed by atoms with Crippen molar-refractivity contribution < 1.29 is 8.78 Å². The summed E-state index contributed by atoms with van der Waals surface area (Å²) in [5, 5.41) is 3.87. The van der Waals surface area contributed by atoms with Gasteiger partial charge in [0.05, 0.1) is 0 Å². The minimum Gasteiger partial charge on any atom is -0.306 e. The lowest BCUT2D eigenvalue weighted by molar-refractivity contribution is 0.554. The zero-order valence-corrected chi connectivity index (χ0v) is 11.2. The number of rotatable bonds is 4. The Kier molecular flexibility index (Phi) is 4.51. The van der Waals surface area contributed by atoms with Crippen LogP contribution in [0.25, 0.3) is 0 Å². The Balaban J connectivity index is 2.02. The van der Waals surface area contributed by atoms with Gasteiger partial charge in [0.2, 0.25) is 0 Å². The molecule has 0 bridgehead atoms. The first-order valence-electron chi connectivity index (χ1n) is 5.98. The maximum atomic E-state index is 13.0. The van der Waals surface area contributed by atoms with E-state index in [4.69, 9.17) is 11.6 Å². The Morgan fingerprint density at radius 3 is 2.42 bits per heavy atom. The van der Waals surface area contributed by atoms with Crippen LogP contribution in [0.2, 0.25) is 5.02 Å². The smallest absolute Gasteiger partial charge is 0.126 e. The van der Waals surface area contributed by atoms with Crippen LogP contribution in [0.15, 0.2) is 42.5 Å². The van der Waals surface area contributed by atoms with E-state index in [1.807, 2.05) is 25.1 Å². The minimum atomic E-state index is -0.563. The maximum Gasteiger partial charge on any atom is 0.126 e. The van der Waals surface area contributed by atoms with Crippen molar-refractivity contribution >= 4 is 11.6 Å². The van der Waals surface area contributed by atoms with Crippen LogP contribution in [0, 0.1) is 11.6 Å². The predicted molar refractivity (Wildman–Crippen MR) is 73.1 cm³/mol. The van der Waals surface area contributed by atoms with E-state index in [1.54, 1.807) is 6.07 Å². The second-order valence-corrected chi connectivity index (χ2v) is 4.87. The molecule has 1 atom stereocenters. The lowest BCUT2D eigenvalue weighted by Gasteiger charge is -2.14. The molecule has 2 aromatic rings. The van der Waals surface area contributed by atoms with Gasteiger partial charge in [-0.15, -0.1) is 0 Å². The fourth-order valence-electron chi connectivity index (χ4n) is 1.88. The van der Waals surface area contributed by atoms with E-state index >= 15 is 0 Å². The number of hydrogen-bond donors (Lipinski definition) is 1. The molecule has 0 amide bonds. The van der Waals surface area contributed by atoms with Gasteiger partial charge >= 0.3 is 0 Å². The average molecular weight is 282 g/mol. The molecule has 100 valence electrons. The van der Waals surface area contributed by atoms with Gasteiger partial charge in [0.15, 0.2) is 0 Å². The molecule has 0 aromatic heterocycles. The number of nitrogens with one attached hydrogen (secondary N) is 1. The summed E-state index contributed by atoms with van der Waals surface area (Å²) in [5.74, 6) is -1.13. The Morgan fingerprint density at radius 2 is 1.79 bits per heavy atom. The predicted octanol–water partition coefficient (Wildman–Crippen LogP) is 4.47. The largest absolute Gasteiger partial charge is 0.306 e. The van der Waals surface area contributed by atoms with Gasteiger partial charge in [0.25, 0.3) is 0 Å². The van der Waals surface area contributed by atoms with E-state index in [2.05, 4.69) is 5.32 Å². The highest BCUT2D eigenvalue weighted by Crippen LogP contribution is 2.18. The molecule has 2 rings (SSSR count). The third-order valence-corrected chi connectivity index (χ3v) is 3.12. The third-order valence-electron chi connectivity index (χ3n) is 2.88. The van der Waals surface area contributed by atoms with Crippen molar-refractivity contribution in [1.29, 1.82) is 0 Å². The molecule has 0 spiro atoms. The Bertz CT molecular complexity index is 552. The zero-order chi connectivity index (χ0) is 13.8. The molecule has 4 heteroatoms. The summed E-state index contributed by atoms with van der Waals surface area (Å²) in [5.41, 5.74) is 1.61. The molecule has 0 radical (unpaired) electrons. The van der Waals surface area contributed by atoms with E-state index in [0.29, 0.717) is 17.1 Å². The summed E-state index contributed by atoms with van der Waals surface area (Å²) in [7, 11) is 0. The zero-order valence-electron chi connectivity index (χ0n) is 10.5. The van der Waals surface area contributed by atoms with Gasteiger partial charge in [-0.05, 0) is 42.3 Å². The van der Waals surface area contributed by atoms with Crippen molar-refractivity contribution in [3.8, 4) is 0 Å². The third kappa shape index (κ3) is 4.01. The van der Waals surface area contributed by atoms with Gasteiger partial charge in [0, 0.05) is 23.7 Å². The normalized spacial score (nSPS) is 12.4. The summed E-state index contributed by atoms with van der Waals surface area (Å²) in [6.45, 7) is 2.36. The first kappa shape index (κ1) is 14.0. The van der Waals surface area contributed by atoms with Crippen LogP contribution in [0.3, 0.4) is 0 Å². The van der Waals surface area contributed by atoms with E-state index in [0.717, 1.165) is 11.6 Å². The van der Waals surface area contributed by atoms with Crippen LogP contribution in [-0.4, -0.2) is 0 Å². The van der Waals surface area contributed by atoms with Crippen LogP contribution in [0.4, 0.5) is 8.78 Å². The molecule has 0 saturated carbocycles. The quantitative estimate of drug-likeness (QED) is 0.872. The minimum absolute atomic E-state index is 0.0463. The van der Waals surface area contributed by atoms with Crippen LogP contribution in [0.5, 0.6) is 0 Å². The second kappa shape index (κ2) is 6.13. The standard InChI is InChI=1S/C15H14ClF2N/c1-10(12-3-2-4-13(16)7-12)19-9-11-5-14(17)8-15(18)6-11/h2-8,10,19H,9H2,1H3/t10-/m1/s1. The van der Waals surface area contributed by atoms with Crippen LogP contribution < -0.4 is 5.32 Å². The van der Waals surface area contributed by atoms with E-state index in [1.165, 1.54) is 12.1 Å². The van der Waals surface area contributed by atoms with Crippen LogP contribution in [-0.2, 0) is 6.54 Å². The number of halogens is 3. The molecule has 0 aliphatic rings. The lowest BCUT2D eigenvalue weighted by atomic mass is 10.1. The molecule has 0 aliphatic heterocycles. The molecule has 0 heterocycles. The van der Waals surface area contributed by atoms with Crippen LogP contribution in [0.1, 0.15) is 24.1 Å². The SMILES string of the molecule is C[C@@H](NCc1cc(F)cc(F)c1)c1cccc(Cl)c1. The molecule has 19 heavy (non-hydrogen) atoms. The first-order chi connectivity index (χ1) is 9.04. The maximum absolute atomic E-state index is 13.0. The molecule has 0 unspecified atom stereocenters. The molecular weight excluding hydrogens is 268 g/mol. The molecule has 0 fully saturated rings. The second-order valence-electron chi connectivity index (χ2n) is 4.44. The monoisotopic (exact) mass is 281 g/mol. The average Bonchev–Trinajstić information content (AvgIpc) is 2.35. The Labute approximate surface area is 116 Å². The van der Waals surface area contributed by atoms with Crippen molar-refractivity contribution in [2.45, 2.75) is 19.5 Å². The van der Waals surface area contributed by atoms with Gasteiger partial charge in [-0.1, -0.05) is 23.7 Å². The first-order valence-corrected chi connectivity index (χ1v) is 6.36. The van der Waals surface area contributed by atoms with E-state index in [-0.39, 0.29) is 6.04 Å². The highest BCUT2D eigenvalue weighted by molar-refractivity contribution is 6.30.